The smallest absolute Gasteiger partial charge is 0.265 e. The molecule has 0 aliphatic carbocycles. The maximum absolute atomic E-state index is 12.9. The lowest BCUT2D eigenvalue weighted by atomic mass is 10.1. The molecule has 0 radical (unpaired) electrons. The maximum Gasteiger partial charge on any atom is 0.265 e. The molecule has 3 heterocycles. The number of carbonyl (C=O) groups is 1. The summed E-state index contributed by atoms with van der Waals surface area (Å²) >= 11 is 8.14. The molecule has 0 saturated heterocycles. The molecule has 0 saturated carbocycles. The number of ether oxygens (including phenoxy) is 2. The van der Waals surface area contributed by atoms with Crippen molar-refractivity contribution in [1.29, 1.82) is 0 Å². The molecule has 0 atom stereocenters. The summed E-state index contributed by atoms with van der Waals surface area (Å²) in [7, 11) is 0. The zero-order chi connectivity index (χ0) is 23.8. The number of hydrogen-bond donors (Lipinski definition) is 0. The molecule has 176 valence electrons. The van der Waals surface area contributed by atoms with Gasteiger partial charge in [0.25, 0.3) is 5.91 Å². The number of hydrogen-bond acceptors (Lipinski definition) is 6. The van der Waals surface area contributed by atoms with Gasteiger partial charge in [-0.05, 0) is 35.4 Å². The second-order valence-corrected chi connectivity index (χ2v) is 9.70. The minimum Gasteiger partial charge on any atom is -0.489 e. The van der Waals surface area contributed by atoms with Crippen LogP contribution in [0.15, 0.2) is 77.1 Å². The first kappa shape index (κ1) is 22.1. The first-order valence-corrected chi connectivity index (χ1v) is 12.6. The van der Waals surface area contributed by atoms with Crippen LogP contribution in [0.2, 0.25) is 5.02 Å². The van der Waals surface area contributed by atoms with Gasteiger partial charge in [-0.25, -0.2) is 0 Å². The molecule has 0 bridgehead atoms. The van der Waals surface area contributed by atoms with E-state index in [1.807, 2.05) is 60.7 Å². The number of aliphatic imine (C=N–C) groups is 1. The molecular formula is C27H22ClN3O3S. The van der Waals surface area contributed by atoms with Gasteiger partial charge in [0.2, 0.25) is 0 Å². The molecule has 1 amide bonds. The van der Waals surface area contributed by atoms with Gasteiger partial charge in [-0.3, -0.25) is 9.79 Å². The van der Waals surface area contributed by atoms with Gasteiger partial charge in [0, 0.05) is 22.5 Å². The van der Waals surface area contributed by atoms with Crippen molar-refractivity contribution >= 4 is 45.8 Å². The number of fused-ring (bicyclic) bond motifs is 2. The second kappa shape index (κ2) is 9.32. The second-order valence-electron chi connectivity index (χ2n) is 8.43. The topological polar surface area (TPSA) is 54.4 Å². The Morgan fingerprint density at radius 1 is 1.06 bits per heavy atom. The van der Waals surface area contributed by atoms with Crippen LogP contribution < -0.4 is 14.4 Å². The monoisotopic (exact) mass is 503 g/mol. The molecule has 35 heavy (non-hydrogen) atoms. The van der Waals surface area contributed by atoms with E-state index in [0.29, 0.717) is 29.6 Å². The molecule has 0 fully saturated rings. The van der Waals surface area contributed by atoms with E-state index in [1.165, 1.54) is 0 Å². The number of benzene rings is 3. The molecule has 0 spiro atoms. The highest BCUT2D eigenvalue weighted by Gasteiger charge is 2.34. The Morgan fingerprint density at radius 3 is 2.71 bits per heavy atom. The molecule has 3 aliphatic heterocycles. The first-order valence-electron chi connectivity index (χ1n) is 11.4. The van der Waals surface area contributed by atoms with Crippen LogP contribution in [-0.2, 0) is 17.9 Å². The summed E-state index contributed by atoms with van der Waals surface area (Å²) in [4.78, 5) is 21.4. The summed E-state index contributed by atoms with van der Waals surface area (Å²) < 4.78 is 11.9. The highest BCUT2D eigenvalue weighted by Crippen LogP contribution is 2.46. The fourth-order valence-electron chi connectivity index (χ4n) is 4.39. The minimum absolute atomic E-state index is 0.0126. The van der Waals surface area contributed by atoms with Gasteiger partial charge in [-0.2, -0.15) is 0 Å². The van der Waals surface area contributed by atoms with Crippen LogP contribution in [0.1, 0.15) is 16.7 Å². The number of rotatable bonds is 6. The van der Waals surface area contributed by atoms with Crippen molar-refractivity contribution in [3.63, 3.8) is 0 Å². The lowest BCUT2D eigenvalue weighted by molar-refractivity contribution is -0.121. The Balaban J connectivity index is 1.23. The van der Waals surface area contributed by atoms with Gasteiger partial charge in [0.05, 0.1) is 24.5 Å². The minimum atomic E-state index is -0.103. The fourth-order valence-corrected chi connectivity index (χ4v) is 5.55. The third kappa shape index (κ3) is 4.37. The van der Waals surface area contributed by atoms with Crippen LogP contribution >= 0.6 is 23.4 Å². The molecular weight excluding hydrogens is 482 g/mol. The number of anilines is 1. The van der Waals surface area contributed by atoms with E-state index in [4.69, 9.17) is 21.1 Å². The van der Waals surface area contributed by atoms with Gasteiger partial charge in [-0.15, -0.1) is 0 Å². The Morgan fingerprint density at radius 2 is 1.89 bits per heavy atom. The maximum atomic E-state index is 12.9. The van der Waals surface area contributed by atoms with Crippen LogP contribution in [0, 0.1) is 0 Å². The van der Waals surface area contributed by atoms with Crippen LogP contribution in [0.25, 0.3) is 5.70 Å². The van der Waals surface area contributed by atoms with E-state index in [9.17, 15) is 4.79 Å². The summed E-state index contributed by atoms with van der Waals surface area (Å²) in [5, 5.41) is 3.62. The molecule has 8 heteroatoms. The van der Waals surface area contributed by atoms with E-state index in [0.717, 1.165) is 46.4 Å². The SMILES string of the molecule is O=C1COc2c(C3=CSC4=NCCN34)cc(Cl)cc2N1Cc1ccc(OCc2ccccc2)cc1. The fraction of sp³-hybridized carbons (Fsp3) is 0.185. The number of amides is 1. The van der Waals surface area contributed by atoms with E-state index in [1.54, 1.807) is 22.7 Å². The summed E-state index contributed by atoms with van der Waals surface area (Å²) in [5.41, 5.74) is 4.68. The van der Waals surface area contributed by atoms with Gasteiger partial charge >= 0.3 is 0 Å². The number of amidine groups is 1. The van der Waals surface area contributed by atoms with Crippen molar-refractivity contribution in [3.8, 4) is 11.5 Å². The lowest BCUT2D eigenvalue weighted by Crippen LogP contribution is -2.38. The predicted octanol–water partition coefficient (Wildman–Crippen LogP) is 5.56. The Labute approximate surface area is 212 Å². The standard InChI is InChI=1S/C27H22ClN3O3S/c28-20-12-22(24-17-35-27-29-10-11-30(24)27)26-23(13-20)31(25(32)16-34-26)14-18-6-8-21(9-7-18)33-15-19-4-2-1-3-5-19/h1-9,12-13,17H,10-11,14-16H2. The third-order valence-electron chi connectivity index (χ3n) is 6.12. The third-order valence-corrected chi connectivity index (χ3v) is 7.24. The summed E-state index contributed by atoms with van der Waals surface area (Å²) in [6, 6.07) is 21.6. The average Bonchev–Trinajstić information content (AvgIpc) is 3.50. The number of thioether (sulfide) groups is 1. The van der Waals surface area contributed by atoms with Gasteiger partial charge < -0.3 is 19.3 Å². The van der Waals surface area contributed by atoms with Gasteiger partial charge in [-0.1, -0.05) is 65.8 Å². The average molecular weight is 504 g/mol. The highest BCUT2D eigenvalue weighted by atomic mass is 35.5. The largest absolute Gasteiger partial charge is 0.489 e. The van der Waals surface area contributed by atoms with Crippen molar-refractivity contribution in [2.75, 3.05) is 24.6 Å². The molecule has 3 aliphatic rings. The molecule has 0 N–H and O–H groups in total. The van der Waals surface area contributed by atoms with E-state index in [-0.39, 0.29) is 12.5 Å². The molecule has 3 aromatic carbocycles. The van der Waals surface area contributed by atoms with Crippen LogP contribution in [0.5, 0.6) is 11.5 Å². The van der Waals surface area contributed by atoms with Crippen LogP contribution in [0.3, 0.4) is 0 Å². The van der Waals surface area contributed by atoms with Crippen LogP contribution in [-0.4, -0.2) is 35.7 Å². The number of halogens is 1. The highest BCUT2D eigenvalue weighted by molar-refractivity contribution is 8.16. The van der Waals surface area contributed by atoms with Gasteiger partial charge in [0.15, 0.2) is 17.5 Å². The first-order chi connectivity index (χ1) is 17.2. The van der Waals surface area contributed by atoms with Crippen molar-refractivity contribution in [1.82, 2.24) is 4.90 Å². The summed E-state index contributed by atoms with van der Waals surface area (Å²) in [6.07, 6.45) is 0. The Bertz CT molecular complexity index is 1340. The van der Waals surface area contributed by atoms with E-state index < -0.39 is 0 Å². The Kier molecular flexibility index (Phi) is 5.88. The molecule has 6 rings (SSSR count). The molecule has 0 aromatic heterocycles. The molecule has 6 nitrogen and oxygen atoms in total. The van der Waals surface area contributed by atoms with Crippen molar-refractivity contribution in [2.45, 2.75) is 13.2 Å². The summed E-state index contributed by atoms with van der Waals surface area (Å²) in [5.74, 6) is 1.36. The normalized spacial score (nSPS) is 16.4. The van der Waals surface area contributed by atoms with Crippen LogP contribution in [0.4, 0.5) is 5.69 Å². The Hall–Kier alpha value is -3.42. The van der Waals surface area contributed by atoms with E-state index >= 15 is 0 Å². The number of nitrogens with zero attached hydrogens (tertiary/aromatic N) is 3. The quantitative estimate of drug-likeness (QED) is 0.440. The lowest BCUT2D eigenvalue weighted by Gasteiger charge is -2.32. The van der Waals surface area contributed by atoms with Crippen molar-refractivity contribution in [3.05, 3.63) is 93.9 Å². The zero-order valence-corrected chi connectivity index (χ0v) is 20.4. The number of carbonyl (C=O) groups excluding carboxylic acids is 1. The molecule has 3 aromatic rings. The zero-order valence-electron chi connectivity index (χ0n) is 18.8. The van der Waals surface area contributed by atoms with E-state index in [2.05, 4.69) is 15.3 Å². The van der Waals surface area contributed by atoms with Gasteiger partial charge in [0.1, 0.15) is 12.4 Å². The molecule has 0 unspecified atom stereocenters. The summed E-state index contributed by atoms with van der Waals surface area (Å²) in [6.45, 7) is 2.52. The van der Waals surface area contributed by atoms with Crippen molar-refractivity contribution < 1.29 is 14.3 Å². The predicted molar refractivity (Wildman–Crippen MR) is 140 cm³/mol. The van der Waals surface area contributed by atoms with Crippen molar-refractivity contribution in [2.24, 2.45) is 4.99 Å².